The average Bonchev–Trinajstić information content (AvgIpc) is 3.24. The second kappa shape index (κ2) is 7.61. The van der Waals surface area contributed by atoms with Crippen LogP contribution in [0, 0.1) is 0 Å². The lowest BCUT2D eigenvalue weighted by Crippen LogP contribution is -2.47. The van der Waals surface area contributed by atoms with Crippen molar-refractivity contribution in [2.24, 2.45) is 0 Å². The molecular weight excluding hydrogens is 372 g/mol. The van der Waals surface area contributed by atoms with Crippen LogP contribution in [0.4, 0.5) is 0 Å². The van der Waals surface area contributed by atoms with Crippen LogP contribution in [0.3, 0.4) is 0 Å². The number of carbonyl (C=O) groups excluding carboxylic acids is 3. The van der Waals surface area contributed by atoms with Crippen molar-refractivity contribution in [2.75, 3.05) is 0 Å². The van der Waals surface area contributed by atoms with Gasteiger partial charge in [-0.3, -0.25) is 24.1 Å². The number of rotatable bonds is 5. The van der Waals surface area contributed by atoms with Crippen LogP contribution in [0.1, 0.15) is 95.3 Å². The van der Waals surface area contributed by atoms with Gasteiger partial charge in [0.15, 0.2) is 0 Å². The Morgan fingerprint density at radius 1 is 1.00 bits per heavy atom. The van der Waals surface area contributed by atoms with Gasteiger partial charge in [0, 0.05) is 11.6 Å². The van der Waals surface area contributed by atoms with Gasteiger partial charge in [-0.1, -0.05) is 32.1 Å². The molecule has 29 heavy (non-hydrogen) atoms. The van der Waals surface area contributed by atoms with E-state index in [9.17, 15) is 24.3 Å². The van der Waals surface area contributed by atoms with E-state index in [1.807, 2.05) is 0 Å². The van der Waals surface area contributed by atoms with E-state index in [0.717, 1.165) is 44.9 Å². The maximum absolute atomic E-state index is 12.9. The van der Waals surface area contributed by atoms with Crippen LogP contribution in [0.2, 0.25) is 0 Å². The third-order valence-electron chi connectivity index (χ3n) is 6.55. The lowest BCUT2D eigenvalue weighted by atomic mass is 9.92. The van der Waals surface area contributed by atoms with Gasteiger partial charge in [0.2, 0.25) is 0 Å². The summed E-state index contributed by atoms with van der Waals surface area (Å²) in [6, 6.07) is 4.52. The predicted molar refractivity (Wildman–Crippen MR) is 105 cm³/mol. The van der Waals surface area contributed by atoms with Crippen molar-refractivity contribution in [1.29, 1.82) is 0 Å². The molecule has 1 aromatic carbocycles. The number of carboxylic acids is 1. The quantitative estimate of drug-likeness (QED) is 0.742. The van der Waals surface area contributed by atoms with Crippen LogP contribution in [-0.2, 0) is 4.79 Å². The predicted octanol–water partition coefficient (Wildman–Crippen LogP) is 3.13. The van der Waals surface area contributed by atoms with E-state index in [1.165, 1.54) is 11.0 Å². The zero-order valence-electron chi connectivity index (χ0n) is 16.4. The Kier molecular flexibility index (Phi) is 5.15. The molecule has 2 fully saturated rings. The van der Waals surface area contributed by atoms with E-state index >= 15 is 0 Å². The number of nitrogens with one attached hydrogen (secondary N) is 1. The number of hydrogen-bond donors (Lipinski definition) is 2. The number of aliphatic carboxylic acids is 1. The van der Waals surface area contributed by atoms with Gasteiger partial charge >= 0.3 is 5.97 Å². The molecule has 0 unspecified atom stereocenters. The summed E-state index contributed by atoms with van der Waals surface area (Å²) in [5.41, 5.74) is 0.160. The van der Waals surface area contributed by atoms with Crippen molar-refractivity contribution in [3.63, 3.8) is 0 Å². The summed E-state index contributed by atoms with van der Waals surface area (Å²) in [4.78, 5) is 51.2. The highest BCUT2D eigenvalue weighted by atomic mass is 16.4. The van der Waals surface area contributed by atoms with Crippen molar-refractivity contribution < 1.29 is 24.3 Å². The Morgan fingerprint density at radius 3 is 2.31 bits per heavy atom. The number of fused-ring (bicyclic) bond motifs is 1. The van der Waals surface area contributed by atoms with E-state index in [2.05, 4.69) is 5.32 Å². The standard InChI is InChI=1S/C22H26N2O5/c25-18(26)13-22(10-4-5-11-22)23-19(27)14-8-9-16-17(12-14)21(29)24(20(16)28)15-6-2-1-3-7-15/h8-9,12,15H,1-7,10-11,13H2,(H,23,27)(H,25,26). The maximum Gasteiger partial charge on any atom is 0.305 e. The lowest BCUT2D eigenvalue weighted by molar-refractivity contribution is -0.138. The number of carboxylic acid groups (broad SMARTS) is 1. The van der Waals surface area contributed by atoms with E-state index < -0.39 is 17.4 Å². The summed E-state index contributed by atoms with van der Waals surface area (Å²) >= 11 is 0. The van der Waals surface area contributed by atoms with Gasteiger partial charge in [-0.25, -0.2) is 0 Å². The Hall–Kier alpha value is -2.70. The Morgan fingerprint density at radius 2 is 1.66 bits per heavy atom. The highest BCUT2D eigenvalue weighted by Gasteiger charge is 2.41. The number of hydrogen-bond acceptors (Lipinski definition) is 4. The summed E-state index contributed by atoms with van der Waals surface area (Å²) in [7, 11) is 0. The van der Waals surface area contributed by atoms with Crippen LogP contribution >= 0.6 is 0 Å². The number of imide groups is 1. The minimum Gasteiger partial charge on any atom is -0.481 e. The summed E-state index contributed by atoms with van der Waals surface area (Å²) in [6.07, 6.45) is 7.70. The Labute approximate surface area is 169 Å². The minimum atomic E-state index is -0.940. The summed E-state index contributed by atoms with van der Waals surface area (Å²) in [5.74, 6) is -1.94. The molecule has 2 saturated carbocycles. The molecule has 1 aromatic rings. The third kappa shape index (κ3) is 3.66. The third-order valence-corrected chi connectivity index (χ3v) is 6.55. The molecule has 154 valence electrons. The fraction of sp³-hybridized carbons (Fsp3) is 0.545. The van der Waals surface area contributed by atoms with E-state index in [-0.39, 0.29) is 35.4 Å². The monoisotopic (exact) mass is 398 g/mol. The van der Waals surface area contributed by atoms with Crippen LogP contribution in [0.5, 0.6) is 0 Å². The number of carbonyl (C=O) groups is 4. The first kappa shape index (κ1) is 19.6. The topological polar surface area (TPSA) is 104 Å². The van der Waals surface area contributed by atoms with Crippen LogP contribution in [0.15, 0.2) is 18.2 Å². The van der Waals surface area contributed by atoms with Gasteiger partial charge in [0.05, 0.1) is 23.1 Å². The van der Waals surface area contributed by atoms with Crippen molar-refractivity contribution in [3.05, 3.63) is 34.9 Å². The average molecular weight is 398 g/mol. The molecule has 7 nitrogen and oxygen atoms in total. The van der Waals surface area contributed by atoms with Gasteiger partial charge in [-0.2, -0.15) is 0 Å². The lowest BCUT2D eigenvalue weighted by Gasteiger charge is -2.29. The minimum absolute atomic E-state index is 0.0641. The molecule has 0 bridgehead atoms. The fourth-order valence-corrected chi connectivity index (χ4v) is 5.07. The van der Waals surface area contributed by atoms with Crippen LogP contribution in [0.25, 0.3) is 0 Å². The largest absolute Gasteiger partial charge is 0.481 e. The van der Waals surface area contributed by atoms with E-state index in [0.29, 0.717) is 18.4 Å². The normalized spacial score (nSPS) is 21.3. The molecule has 4 rings (SSSR count). The number of amides is 3. The molecule has 0 atom stereocenters. The summed E-state index contributed by atoms with van der Waals surface area (Å²) in [5, 5.41) is 12.1. The molecule has 3 aliphatic rings. The number of benzene rings is 1. The molecule has 0 spiro atoms. The molecule has 3 amide bonds. The first-order valence-electron chi connectivity index (χ1n) is 10.5. The Balaban J connectivity index is 1.55. The van der Waals surface area contributed by atoms with Crippen LogP contribution in [-0.4, -0.2) is 45.3 Å². The molecule has 2 N–H and O–H groups in total. The zero-order valence-corrected chi connectivity index (χ0v) is 16.4. The fourth-order valence-electron chi connectivity index (χ4n) is 5.07. The smallest absolute Gasteiger partial charge is 0.305 e. The van der Waals surface area contributed by atoms with Crippen molar-refractivity contribution in [2.45, 2.75) is 75.8 Å². The molecule has 0 radical (unpaired) electrons. The van der Waals surface area contributed by atoms with Gasteiger partial charge in [0.25, 0.3) is 17.7 Å². The molecule has 0 aromatic heterocycles. The summed E-state index contributed by atoms with van der Waals surface area (Å²) in [6.45, 7) is 0. The van der Waals surface area contributed by atoms with Crippen LogP contribution < -0.4 is 5.32 Å². The van der Waals surface area contributed by atoms with Gasteiger partial charge in [-0.15, -0.1) is 0 Å². The highest BCUT2D eigenvalue weighted by molar-refractivity contribution is 6.22. The second-order valence-corrected chi connectivity index (χ2v) is 8.54. The van der Waals surface area contributed by atoms with Crippen molar-refractivity contribution in [3.8, 4) is 0 Å². The first-order valence-corrected chi connectivity index (χ1v) is 10.5. The Bertz CT molecular complexity index is 866. The SMILES string of the molecule is O=C(O)CC1(NC(=O)c2ccc3c(c2)C(=O)N(C2CCCCC2)C3=O)CCCC1. The second-order valence-electron chi connectivity index (χ2n) is 8.54. The van der Waals surface area contributed by atoms with Crippen molar-refractivity contribution in [1.82, 2.24) is 10.2 Å². The van der Waals surface area contributed by atoms with Crippen molar-refractivity contribution >= 4 is 23.7 Å². The van der Waals surface area contributed by atoms with Gasteiger partial charge < -0.3 is 10.4 Å². The first-order chi connectivity index (χ1) is 13.9. The molecule has 1 heterocycles. The maximum atomic E-state index is 12.9. The number of nitrogens with zero attached hydrogens (tertiary/aromatic N) is 1. The molecule has 0 saturated heterocycles. The van der Waals surface area contributed by atoms with E-state index in [1.54, 1.807) is 12.1 Å². The molecule has 2 aliphatic carbocycles. The highest BCUT2D eigenvalue weighted by Crippen LogP contribution is 2.34. The molecule has 1 aliphatic heterocycles. The zero-order chi connectivity index (χ0) is 20.6. The van der Waals surface area contributed by atoms with Gasteiger partial charge in [0.1, 0.15) is 0 Å². The molecule has 7 heteroatoms. The van der Waals surface area contributed by atoms with Gasteiger partial charge in [-0.05, 0) is 43.9 Å². The van der Waals surface area contributed by atoms with E-state index in [4.69, 9.17) is 0 Å². The molecular formula is C22H26N2O5. The summed E-state index contributed by atoms with van der Waals surface area (Å²) < 4.78 is 0.